The van der Waals surface area contributed by atoms with Gasteiger partial charge in [0.2, 0.25) is 0 Å². The van der Waals surface area contributed by atoms with Gasteiger partial charge >= 0.3 is 0 Å². The second-order valence-electron chi connectivity index (χ2n) is 3.88. The number of H-pyrrole nitrogens is 1. The monoisotopic (exact) mass is 327 g/mol. The Labute approximate surface area is 118 Å². The van der Waals surface area contributed by atoms with Crippen molar-refractivity contribution < 1.29 is 0 Å². The molecule has 0 unspecified atom stereocenters. The lowest BCUT2D eigenvalue weighted by Crippen LogP contribution is -2.21. The smallest absolute Gasteiger partial charge is 0.280 e. The molecule has 0 amide bonds. The molecule has 0 aliphatic rings. The minimum absolute atomic E-state index is 0.240. The average Bonchev–Trinajstić information content (AvgIpc) is 2.35. The van der Waals surface area contributed by atoms with Crippen LogP contribution in [0.15, 0.2) is 39.7 Å². The van der Waals surface area contributed by atoms with Gasteiger partial charge in [-0.3, -0.25) is 4.79 Å². The molecule has 0 radical (unpaired) electrons. The summed E-state index contributed by atoms with van der Waals surface area (Å²) in [5.41, 5.74) is 1.61. The fourth-order valence-electron chi connectivity index (χ4n) is 1.59. The first-order valence-corrected chi connectivity index (χ1v) is 6.44. The molecule has 2 rings (SSSR count). The number of aromatic nitrogens is 2. The highest BCUT2D eigenvalue weighted by atomic mass is 79.9. The first kappa shape index (κ1) is 13.1. The molecule has 0 spiro atoms. The number of nitrogens with one attached hydrogen (secondary N) is 1. The Kier molecular flexibility index (Phi) is 4.04. The molecule has 0 bridgehead atoms. The molecular weight excluding hydrogens is 318 g/mol. The van der Waals surface area contributed by atoms with Crippen molar-refractivity contribution in [1.29, 1.82) is 0 Å². The predicted molar refractivity (Wildman–Crippen MR) is 76.1 cm³/mol. The Morgan fingerprint density at radius 2 is 2.06 bits per heavy atom. The highest BCUT2D eigenvalue weighted by molar-refractivity contribution is 9.10. The molecule has 1 aromatic carbocycles. The van der Waals surface area contributed by atoms with E-state index in [2.05, 4.69) is 26.1 Å². The summed E-state index contributed by atoms with van der Waals surface area (Å²) in [5, 5.41) is 6.87. The fraction of sp³-hybridized carbons (Fsp3) is 0.167. The lowest BCUT2D eigenvalue weighted by atomic mass is 10.2. The van der Waals surface area contributed by atoms with Crippen LogP contribution in [0.3, 0.4) is 0 Å². The fourth-order valence-corrected chi connectivity index (χ4v) is 2.21. The van der Waals surface area contributed by atoms with E-state index in [-0.39, 0.29) is 5.56 Å². The molecule has 18 heavy (non-hydrogen) atoms. The van der Waals surface area contributed by atoms with E-state index in [1.165, 1.54) is 0 Å². The van der Waals surface area contributed by atoms with Gasteiger partial charge in [0.25, 0.3) is 5.56 Å². The van der Waals surface area contributed by atoms with Crippen LogP contribution < -0.4 is 10.5 Å². The van der Waals surface area contributed by atoms with Gasteiger partial charge in [-0.1, -0.05) is 23.7 Å². The summed E-state index contributed by atoms with van der Waals surface area (Å²) in [6, 6.07) is 7.59. The maximum atomic E-state index is 11.4. The number of nitrogens with zero attached hydrogens (tertiary/aromatic N) is 2. The maximum Gasteiger partial charge on any atom is 0.280 e. The number of rotatable bonds is 3. The topological polar surface area (TPSA) is 49.0 Å². The molecule has 0 fully saturated rings. The van der Waals surface area contributed by atoms with Crippen molar-refractivity contribution in [2.45, 2.75) is 6.54 Å². The first-order chi connectivity index (χ1) is 8.58. The lowest BCUT2D eigenvalue weighted by molar-refractivity contribution is 0.887. The lowest BCUT2D eigenvalue weighted by Gasteiger charge is -2.19. The summed E-state index contributed by atoms with van der Waals surface area (Å²) in [6.45, 7) is 0.668. The van der Waals surface area contributed by atoms with E-state index in [4.69, 9.17) is 11.6 Å². The first-order valence-electron chi connectivity index (χ1n) is 5.26. The second-order valence-corrected chi connectivity index (χ2v) is 5.11. The summed E-state index contributed by atoms with van der Waals surface area (Å²) < 4.78 is 0.481. The van der Waals surface area contributed by atoms with Crippen molar-refractivity contribution in [3.8, 4) is 0 Å². The van der Waals surface area contributed by atoms with E-state index < -0.39 is 0 Å². The van der Waals surface area contributed by atoms with Crippen LogP contribution in [0.2, 0.25) is 5.02 Å². The molecule has 1 N–H and O–H groups in total. The van der Waals surface area contributed by atoms with Gasteiger partial charge in [0.05, 0.1) is 11.9 Å². The third-order valence-electron chi connectivity index (χ3n) is 2.52. The molecule has 1 aromatic heterocycles. The van der Waals surface area contributed by atoms with Gasteiger partial charge in [0, 0.05) is 18.6 Å². The third kappa shape index (κ3) is 2.91. The van der Waals surface area contributed by atoms with E-state index in [0.717, 1.165) is 11.3 Å². The number of anilines is 1. The van der Waals surface area contributed by atoms with E-state index in [1.807, 2.05) is 36.2 Å². The largest absolute Gasteiger partial charge is 0.368 e. The summed E-state index contributed by atoms with van der Waals surface area (Å²) in [5.74, 6) is 0. The van der Waals surface area contributed by atoms with Crippen LogP contribution in [-0.2, 0) is 6.54 Å². The number of benzene rings is 1. The number of hydrogen-bond donors (Lipinski definition) is 1. The van der Waals surface area contributed by atoms with Crippen molar-refractivity contribution in [2.75, 3.05) is 11.9 Å². The minimum Gasteiger partial charge on any atom is -0.368 e. The van der Waals surface area contributed by atoms with Crippen LogP contribution in [0.25, 0.3) is 0 Å². The van der Waals surface area contributed by atoms with E-state index >= 15 is 0 Å². The van der Waals surface area contributed by atoms with Crippen molar-refractivity contribution >= 4 is 33.2 Å². The van der Waals surface area contributed by atoms with Crippen LogP contribution in [-0.4, -0.2) is 17.2 Å². The highest BCUT2D eigenvalue weighted by Crippen LogP contribution is 2.21. The van der Waals surface area contributed by atoms with Gasteiger partial charge < -0.3 is 4.90 Å². The van der Waals surface area contributed by atoms with Gasteiger partial charge in [-0.05, 0) is 33.6 Å². The van der Waals surface area contributed by atoms with Crippen molar-refractivity contribution in [2.24, 2.45) is 0 Å². The molecular formula is C12H11BrClN3O. The molecule has 0 aliphatic heterocycles. The Hall–Kier alpha value is -1.33. The Balaban J connectivity index is 2.22. The number of aromatic amines is 1. The Morgan fingerprint density at radius 1 is 1.39 bits per heavy atom. The quantitative estimate of drug-likeness (QED) is 0.942. The van der Waals surface area contributed by atoms with Crippen LogP contribution in [0, 0.1) is 0 Å². The zero-order chi connectivity index (χ0) is 13.1. The summed E-state index contributed by atoms with van der Waals surface area (Å²) in [4.78, 5) is 13.4. The normalized spacial score (nSPS) is 10.4. The van der Waals surface area contributed by atoms with Gasteiger partial charge in [-0.2, -0.15) is 5.10 Å². The molecule has 94 valence electrons. The summed E-state index contributed by atoms with van der Waals surface area (Å²) in [6.07, 6.45) is 1.61. The van der Waals surface area contributed by atoms with Crippen molar-refractivity contribution in [3.05, 3.63) is 55.9 Å². The molecule has 0 saturated heterocycles. The van der Waals surface area contributed by atoms with Crippen LogP contribution in [0.4, 0.5) is 5.69 Å². The van der Waals surface area contributed by atoms with Gasteiger partial charge in [0.15, 0.2) is 0 Å². The van der Waals surface area contributed by atoms with Gasteiger partial charge in [0.1, 0.15) is 4.47 Å². The zero-order valence-electron chi connectivity index (χ0n) is 9.65. The number of hydrogen-bond acceptors (Lipinski definition) is 3. The summed E-state index contributed by atoms with van der Waals surface area (Å²) >= 11 is 9.09. The Morgan fingerprint density at radius 3 is 2.72 bits per heavy atom. The average molecular weight is 329 g/mol. The van der Waals surface area contributed by atoms with Crippen LogP contribution >= 0.6 is 27.5 Å². The molecule has 1 heterocycles. The maximum absolute atomic E-state index is 11.4. The zero-order valence-corrected chi connectivity index (χ0v) is 12.0. The minimum atomic E-state index is -0.240. The molecule has 6 heteroatoms. The summed E-state index contributed by atoms with van der Waals surface area (Å²) in [7, 11) is 1.90. The molecule has 4 nitrogen and oxygen atoms in total. The Bertz CT molecular complexity index is 597. The van der Waals surface area contributed by atoms with Crippen molar-refractivity contribution in [1.82, 2.24) is 10.2 Å². The van der Waals surface area contributed by atoms with Crippen molar-refractivity contribution in [3.63, 3.8) is 0 Å². The van der Waals surface area contributed by atoms with Crippen LogP contribution in [0.1, 0.15) is 5.56 Å². The van der Waals surface area contributed by atoms with E-state index in [1.54, 1.807) is 6.20 Å². The second kappa shape index (κ2) is 5.54. The van der Waals surface area contributed by atoms with Crippen LogP contribution in [0.5, 0.6) is 0 Å². The third-order valence-corrected chi connectivity index (χ3v) is 3.54. The number of halogens is 2. The van der Waals surface area contributed by atoms with Gasteiger partial charge in [-0.25, -0.2) is 5.10 Å². The molecule has 2 aromatic rings. The highest BCUT2D eigenvalue weighted by Gasteiger charge is 2.09. The molecule has 0 aliphatic carbocycles. The predicted octanol–water partition coefficient (Wildman–Crippen LogP) is 2.82. The standard InChI is InChI=1S/C12H11BrClN3O/c1-17(7-8-2-4-9(14)5-3-8)10-6-15-16-12(18)11(10)13/h2-6H,7H2,1H3,(H,16,18). The molecule has 0 atom stereocenters. The van der Waals surface area contributed by atoms with Gasteiger partial charge in [-0.15, -0.1) is 0 Å². The SMILES string of the molecule is CN(Cc1ccc(Cl)cc1)c1cn[nH]c(=O)c1Br. The van der Waals surface area contributed by atoms with E-state index in [0.29, 0.717) is 16.0 Å². The molecule has 0 saturated carbocycles. The van der Waals surface area contributed by atoms with E-state index in [9.17, 15) is 4.79 Å².